The van der Waals surface area contributed by atoms with Gasteiger partial charge in [0.2, 0.25) is 0 Å². The van der Waals surface area contributed by atoms with Gasteiger partial charge in [0.1, 0.15) is 0 Å². The first-order valence-corrected chi connectivity index (χ1v) is 18.7. The van der Waals surface area contributed by atoms with Crippen LogP contribution in [0.4, 0.5) is 0 Å². The van der Waals surface area contributed by atoms with Crippen molar-refractivity contribution in [1.29, 1.82) is 0 Å². The molecular weight excluding hydrogens is 641 g/mol. The SMILES string of the molecule is c1ccc2cc(-c3c4ccccc4c(-c4ccc(-c5cc6sc7ccccc7c6c6c5sc5ccccc56)cc4)c4ccccc34)ccc2c1. The van der Waals surface area contributed by atoms with Crippen molar-refractivity contribution in [2.75, 3.05) is 0 Å². The summed E-state index contributed by atoms with van der Waals surface area (Å²) in [5, 5.41) is 13.1. The average Bonchev–Trinajstić information content (AvgIpc) is 3.75. The molecule has 50 heavy (non-hydrogen) atoms. The number of thiophene rings is 2. The molecule has 2 heteroatoms. The number of hydrogen-bond donors (Lipinski definition) is 0. The van der Waals surface area contributed by atoms with Crippen LogP contribution in [0.25, 0.3) is 106 Å². The van der Waals surface area contributed by atoms with Crippen LogP contribution in [0.1, 0.15) is 0 Å². The number of hydrogen-bond acceptors (Lipinski definition) is 2. The molecule has 0 spiro atoms. The third-order valence-electron chi connectivity index (χ3n) is 10.4. The van der Waals surface area contributed by atoms with E-state index in [-0.39, 0.29) is 0 Å². The minimum atomic E-state index is 1.24. The van der Waals surface area contributed by atoms with Crippen LogP contribution >= 0.6 is 22.7 Å². The lowest BCUT2D eigenvalue weighted by Crippen LogP contribution is -1.91. The summed E-state index contributed by atoms with van der Waals surface area (Å²) in [4.78, 5) is 0. The van der Waals surface area contributed by atoms with Gasteiger partial charge in [-0.25, -0.2) is 0 Å². The van der Waals surface area contributed by atoms with E-state index in [1.54, 1.807) is 0 Å². The first-order chi connectivity index (χ1) is 24.8. The van der Waals surface area contributed by atoms with Crippen LogP contribution in [0, 0.1) is 0 Å². The lowest BCUT2D eigenvalue weighted by Gasteiger charge is -2.18. The summed E-state index contributed by atoms with van der Waals surface area (Å²) >= 11 is 3.82. The van der Waals surface area contributed by atoms with Crippen molar-refractivity contribution in [3.8, 4) is 33.4 Å². The molecule has 0 radical (unpaired) electrons. The minimum Gasteiger partial charge on any atom is -0.135 e. The quantitative estimate of drug-likeness (QED) is 0.164. The lowest BCUT2D eigenvalue weighted by atomic mass is 9.85. The van der Waals surface area contributed by atoms with E-state index in [9.17, 15) is 0 Å². The van der Waals surface area contributed by atoms with Gasteiger partial charge in [0.05, 0.1) is 0 Å². The van der Waals surface area contributed by atoms with Crippen LogP contribution in [0.3, 0.4) is 0 Å². The smallest absolute Gasteiger partial charge is 0.0441 e. The molecule has 0 atom stereocenters. The summed E-state index contributed by atoms with van der Waals surface area (Å²) in [5.41, 5.74) is 7.65. The van der Waals surface area contributed by atoms with Crippen molar-refractivity contribution in [2.24, 2.45) is 0 Å². The second-order valence-electron chi connectivity index (χ2n) is 13.2. The maximum atomic E-state index is 2.44. The van der Waals surface area contributed by atoms with Gasteiger partial charge in [-0.2, -0.15) is 0 Å². The third-order valence-corrected chi connectivity index (χ3v) is 12.8. The zero-order valence-corrected chi connectivity index (χ0v) is 28.6. The van der Waals surface area contributed by atoms with Gasteiger partial charge in [0, 0.05) is 45.9 Å². The molecule has 232 valence electrons. The van der Waals surface area contributed by atoms with Gasteiger partial charge in [-0.1, -0.05) is 146 Å². The van der Waals surface area contributed by atoms with Gasteiger partial charge in [-0.3, -0.25) is 0 Å². The monoisotopic (exact) mass is 668 g/mol. The third kappa shape index (κ3) is 4.10. The van der Waals surface area contributed by atoms with Gasteiger partial charge < -0.3 is 0 Å². The molecule has 0 amide bonds. The number of rotatable bonds is 3. The van der Waals surface area contributed by atoms with Crippen molar-refractivity contribution in [3.63, 3.8) is 0 Å². The molecule has 0 saturated heterocycles. The average molecular weight is 669 g/mol. The van der Waals surface area contributed by atoms with E-state index in [1.165, 1.54) is 106 Å². The highest BCUT2D eigenvalue weighted by atomic mass is 32.1. The van der Waals surface area contributed by atoms with E-state index in [0.717, 1.165) is 0 Å². The van der Waals surface area contributed by atoms with E-state index in [1.807, 2.05) is 22.7 Å². The maximum absolute atomic E-state index is 2.44. The van der Waals surface area contributed by atoms with Crippen molar-refractivity contribution in [3.05, 3.63) is 170 Å². The fraction of sp³-hybridized carbons (Fsp3) is 0. The number of fused-ring (bicyclic) bond motifs is 10. The van der Waals surface area contributed by atoms with Crippen LogP contribution in [0.2, 0.25) is 0 Å². The molecule has 2 aromatic heterocycles. The molecule has 11 aromatic rings. The first-order valence-electron chi connectivity index (χ1n) is 17.1. The molecule has 0 saturated carbocycles. The number of benzene rings is 9. The molecule has 0 aliphatic carbocycles. The van der Waals surface area contributed by atoms with Gasteiger partial charge in [-0.05, 0) is 84.4 Å². The zero-order chi connectivity index (χ0) is 32.8. The molecular formula is C48H28S2. The predicted molar refractivity (Wildman–Crippen MR) is 221 cm³/mol. The Kier molecular flexibility index (Phi) is 6.09. The summed E-state index contributed by atoms with van der Waals surface area (Å²) in [7, 11) is 0. The Bertz CT molecular complexity index is 3080. The molecule has 0 aliphatic rings. The van der Waals surface area contributed by atoms with Gasteiger partial charge in [-0.15, -0.1) is 22.7 Å². The first kappa shape index (κ1) is 28.1. The molecule has 0 nitrogen and oxygen atoms in total. The zero-order valence-electron chi connectivity index (χ0n) is 27.0. The van der Waals surface area contributed by atoms with Crippen LogP contribution < -0.4 is 0 Å². The Labute approximate surface area is 297 Å². The highest BCUT2D eigenvalue weighted by molar-refractivity contribution is 7.28. The van der Waals surface area contributed by atoms with Crippen LogP contribution in [0.15, 0.2) is 170 Å². The van der Waals surface area contributed by atoms with Crippen molar-refractivity contribution >= 4 is 95.3 Å². The Morgan fingerprint density at radius 1 is 0.300 bits per heavy atom. The largest absolute Gasteiger partial charge is 0.135 e. The topological polar surface area (TPSA) is 0 Å². The summed E-state index contributed by atoms with van der Waals surface area (Å²) in [5.74, 6) is 0. The molecule has 0 N–H and O–H groups in total. The predicted octanol–water partition coefficient (Wildman–Crippen LogP) is 14.9. The molecule has 9 aromatic carbocycles. The summed E-state index contributed by atoms with van der Waals surface area (Å²) in [6.45, 7) is 0. The highest BCUT2D eigenvalue weighted by Gasteiger charge is 2.20. The fourth-order valence-electron chi connectivity index (χ4n) is 8.23. The van der Waals surface area contributed by atoms with E-state index in [2.05, 4.69) is 170 Å². The van der Waals surface area contributed by atoms with Crippen molar-refractivity contribution in [1.82, 2.24) is 0 Å². The molecule has 2 heterocycles. The summed E-state index contributed by atoms with van der Waals surface area (Å²) in [6.07, 6.45) is 0. The van der Waals surface area contributed by atoms with Gasteiger partial charge in [0.15, 0.2) is 0 Å². The van der Waals surface area contributed by atoms with Crippen LogP contribution in [0.5, 0.6) is 0 Å². The Morgan fingerprint density at radius 3 is 1.44 bits per heavy atom. The second-order valence-corrected chi connectivity index (χ2v) is 15.3. The fourth-order valence-corrected chi connectivity index (χ4v) is 10.6. The highest BCUT2D eigenvalue weighted by Crippen LogP contribution is 2.49. The normalized spacial score (nSPS) is 12.0. The van der Waals surface area contributed by atoms with Gasteiger partial charge >= 0.3 is 0 Å². The van der Waals surface area contributed by atoms with E-state index in [4.69, 9.17) is 0 Å². The van der Waals surface area contributed by atoms with Crippen LogP contribution in [-0.2, 0) is 0 Å². The van der Waals surface area contributed by atoms with E-state index in [0.29, 0.717) is 0 Å². The standard InChI is InChI=1S/C48H28S2/c1-2-12-32-27-33(26-21-29(32)11-1)45-36-15-5-3-13-34(36)44(35-14-4-6-16-37(35)45)31-24-22-30(23-25-31)40-28-43-46(38-17-7-9-19-41(38)49-43)47-39-18-8-10-20-42(39)50-48(40)47/h1-28H. The lowest BCUT2D eigenvalue weighted by molar-refractivity contribution is 1.65. The van der Waals surface area contributed by atoms with E-state index >= 15 is 0 Å². The Balaban J connectivity index is 1.13. The molecule has 11 rings (SSSR count). The Morgan fingerprint density at radius 2 is 0.780 bits per heavy atom. The second kappa shape index (κ2) is 10.9. The van der Waals surface area contributed by atoms with Crippen molar-refractivity contribution < 1.29 is 0 Å². The Hall–Kier alpha value is -5.80. The van der Waals surface area contributed by atoms with Crippen molar-refractivity contribution in [2.45, 2.75) is 0 Å². The summed E-state index contributed by atoms with van der Waals surface area (Å²) in [6, 6.07) is 63.0. The molecule has 0 fully saturated rings. The van der Waals surface area contributed by atoms with E-state index < -0.39 is 0 Å². The summed E-state index contributed by atoms with van der Waals surface area (Å²) < 4.78 is 5.40. The minimum absolute atomic E-state index is 1.24. The maximum Gasteiger partial charge on any atom is 0.0441 e. The van der Waals surface area contributed by atoms with Gasteiger partial charge in [0.25, 0.3) is 0 Å². The molecule has 0 unspecified atom stereocenters. The molecule has 0 aliphatic heterocycles. The van der Waals surface area contributed by atoms with Crippen LogP contribution in [-0.4, -0.2) is 0 Å². The molecule has 0 bridgehead atoms.